The third-order valence-electron chi connectivity index (χ3n) is 6.12. The molecule has 2 bridgehead atoms. The number of hydrogen-bond donors (Lipinski definition) is 0. The van der Waals surface area contributed by atoms with Gasteiger partial charge in [0.05, 0.1) is 11.4 Å². The summed E-state index contributed by atoms with van der Waals surface area (Å²) in [5, 5.41) is 4.67. The third kappa shape index (κ3) is 2.80. The van der Waals surface area contributed by atoms with Gasteiger partial charge in [-0.25, -0.2) is 4.39 Å². The maximum atomic E-state index is 13.2. The highest BCUT2D eigenvalue weighted by Gasteiger charge is 2.37. The molecule has 2 aliphatic carbocycles. The molecule has 1 saturated carbocycles. The molecular weight excluding hydrogens is 339 g/mol. The topological polar surface area (TPSA) is 34.9 Å². The maximum Gasteiger partial charge on any atom is 0.139 e. The van der Waals surface area contributed by atoms with Crippen molar-refractivity contribution in [1.29, 1.82) is 0 Å². The lowest BCUT2D eigenvalue weighted by Crippen LogP contribution is -2.13. The second-order valence-corrected chi connectivity index (χ2v) is 7.81. The molecule has 3 aromatic rings. The van der Waals surface area contributed by atoms with Gasteiger partial charge in [0.1, 0.15) is 11.6 Å². The van der Waals surface area contributed by atoms with Gasteiger partial charge < -0.3 is 0 Å². The number of fused-ring (bicyclic) bond motifs is 3. The quantitative estimate of drug-likeness (QED) is 0.670. The Labute approximate surface area is 157 Å². The summed E-state index contributed by atoms with van der Waals surface area (Å²) >= 11 is 0. The number of halogens is 1. The van der Waals surface area contributed by atoms with E-state index in [2.05, 4.69) is 23.3 Å². The van der Waals surface area contributed by atoms with Crippen LogP contribution >= 0.6 is 0 Å². The van der Waals surface area contributed by atoms with Crippen LogP contribution in [0.4, 0.5) is 4.39 Å². The van der Waals surface area contributed by atoms with E-state index in [1.165, 1.54) is 23.3 Å². The van der Waals surface area contributed by atoms with Crippen LogP contribution in [0.25, 0.3) is 22.5 Å². The Morgan fingerprint density at radius 1 is 0.926 bits per heavy atom. The average molecular weight is 360 g/mol. The van der Waals surface area contributed by atoms with Crippen LogP contribution in [-0.2, 0) is 24.7 Å². The molecule has 0 amide bonds. The van der Waals surface area contributed by atoms with Crippen LogP contribution in [-0.4, -0.2) is 15.6 Å². The summed E-state index contributed by atoms with van der Waals surface area (Å²) in [4.78, 5) is 12.4. The summed E-state index contributed by atoms with van der Waals surface area (Å²) in [6.07, 6.45) is 3.82. The number of aryl methyl sites for hydroxylation is 1. The minimum atomic E-state index is -0.240. The monoisotopic (exact) mass is 360 g/mol. The minimum absolute atomic E-state index is 0.199. The van der Waals surface area contributed by atoms with Crippen molar-refractivity contribution < 1.29 is 9.18 Å². The lowest BCUT2D eigenvalue weighted by atomic mass is 9.91. The van der Waals surface area contributed by atoms with E-state index in [0.29, 0.717) is 5.78 Å². The lowest BCUT2D eigenvalue weighted by Gasteiger charge is -2.13. The first-order valence-corrected chi connectivity index (χ1v) is 9.54. The van der Waals surface area contributed by atoms with E-state index < -0.39 is 0 Å². The SMILES string of the molecule is Cn1nc(-c2ccc3c(c2)C[C@H]2CC[C@@H](C3)C2=O)cc1-c1ccc(F)cc1. The average Bonchev–Trinajstić information content (AvgIpc) is 3.15. The summed E-state index contributed by atoms with van der Waals surface area (Å²) in [5.41, 5.74) is 6.48. The Morgan fingerprint density at radius 3 is 2.33 bits per heavy atom. The van der Waals surface area contributed by atoms with Crippen LogP contribution in [0.2, 0.25) is 0 Å². The Morgan fingerprint density at radius 2 is 1.59 bits per heavy atom. The molecule has 0 unspecified atom stereocenters. The molecule has 1 fully saturated rings. The smallest absolute Gasteiger partial charge is 0.139 e. The van der Waals surface area contributed by atoms with E-state index in [-0.39, 0.29) is 17.7 Å². The highest BCUT2D eigenvalue weighted by atomic mass is 19.1. The number of ketones is 1. The van der Waals surface area contributed by atoms with Crippen molar-refractivity contribution in [3.8, 4) is 22.5 Å². The zero-order valence-corrected chi connectivity index (χ0v) is 15.3. The summed E-state index contributed by atoms with van der Waals surface area (Å²) in [5.74, 6) is 0.645. The van der Waals surface area contributed by atoms with Gasteiger partial charge in [-0.05, 0) is 78.8 Å². The summed E-state index contributed by atoms with van der Waals surface area (Å²) in [6, 6.07) is 15.0. The van der Waals surface area contributed by atoms with Gasteiger partial charge in [-0.3, -0.25) is 9.48 Å². The Hall–Kier alpha value is -2.75. The molecule has 1 aromatic heterocycles. The zero-order chi connectivity index (χ0) is 18.5. The Bertz CT molecular complexity index is 1040. The maximum absolute atomic E-state index is 13.2. The second-order valence-electron chi connectivity index (χ2n) is 7.81. The van der Waals surface area contributed by atoms with E-state index in [1.54, 1.807) is 12.1 Å². The predicted octanol–water partition coefficient (Wildman–Crippen LogP) is 4.59. The molecule has 0 aliphatic heterocycles. The van der Waals surface area contributed by atoms with Crippen LogP contribution in [0.5, 0.6) is 0 Å². The van der Waals surface area contributed by atoms with Gasteiger partial charge in [0.2, 0.25) is 0 Å². The highest BCUT2D eigenvalue weighted by molar-refractivity contribution is 5.87. The van der Waals surface area contributed by atoms with Crippen molar-refractivity contribution in [3.05, 3.63) is 65.5 Å². The van der Waals surface area contributed by atoms with Crippen molar-refractivity contribution in [2.75, 3.05) is 0 Å². The van der Waals surface area contributed by atoms with Crippen molar-refractivity contribution in [3.63, 3.8) is 0 Å². The molecule has 1 heterocycles. The fourth-order valence-electron chi connectivity index (χ4n) is 4.63. The number of carbonyl (C=O) groups is 1. The number of rotatable bonds is 2. The van der Waals surface area contributed by atoms with Gasteiger partial charge >= 0.3 is 0 Å². The lowest BCUT2D eigenvalue weighted by molar-refractivity contribution is -0.123. The van der Waals surface area contributed by atoms with Gasteiger partial charge in [0.15, 0.2) is 0 Å². The number of Topliss-reactive ketones (excluding diaryl/α,β-unsaturated/α-hetero) is 1. The van der Waals surface area contributed by atoms with Crippen LogP contribution < -0.4 is 0 Å². The van der Waals surface area contributed by atoms with Crippen molar-refractivity contribution >= 4 is 5.78 Å². The molecule has 2 aromatic carbocycles. The molecule has 2 atom stereocenters. The molecule has 3 nitrogen and oxygen atoms in total. The van der Waals surface area contributed by atoms with Gasteiger partial charge in [-0.2, -0.15) is 5.10 Å². The first-order chi connectivity index (χ1) is 13.1. The molecule has 4 heteroatoms. The molecule has 0 spiro atoms. The second kappa shape index (κ2) is 6.15. The molecule has 0 N–H and O–H groups in total. The van der Waals surface area contributed by atoms with Crippen molar-refractivity contribution in [2.45, 2.75) is 25.7 Å². The van der Waals surface area contributed by atoms with Crippen LogP contribution in [0.1, 0.15) is 24.0 Å². The van der Waals surface area contributed by atoms with Gasteiger partial charge in [-0.15, -0.1) is 0 Å². The number of nitrogens with zero attached hydrogens (tertiary/aromatic N) is 2. The van der Waals surface area contributed by atoms with Gasteiger partial charge in [-0.1, -0.05) is 12.1 Å². The molecule has 2 aliphatic rings. The van der Waals surface area contributed by atoms with Crippen molar-refractivity contribution in [2.24, 2.45) is 18.9 Å². The zero-order valence-electron chi connectivity index (χ0n) is 15.3. The number of carbonyl (C=O) groups excluding carboxylic acids is 1. The van der Waals surface area contributed by atoms with Crippen molar-refractivity contribution in [1.82, 2.24) is 9.78 Å². The van der Waals surface area contributed by atoms with Crippen LogP contribution in [0.3, 0.4) is 0 Å². The highest BCUT2D eigenvalue weighted by Crippen LogP contribution is 2.38. The number of hydrogen-bond acceptors (Lipinski definition) is 2. The minimum Gasteiger partial charge on any atom is -0.299 e. The molecule has 0 radical (unpaired) electrons. The van der Waals surface area contributed by atoms with Gasteiger partial charge in [0, 0.05) is 24.4 Å². The summed E-state index contributed by atoms with van der Waals surface area (Å²) < 4.78 is 15.0. The van der Waals surface area contributed by atoms with E-state index in [4.69, 9.17) is 0 Å². The summed E-state index contributed by atoms with van der Waals surface area (Å²) in [7, 11) is 1.91. The Kier molecular flexibility index (Phi) is 3.74. The molecule has 136 valence electrons. The summed E-state index contributed by atoms with van der Waals surface area (Å²) in [6.45, 7) is 0. The van der Waals surface area contributed by atoms with E-state index >= 15 is 0 Å². The normalized spacial score (nSPS) is 21.2. The molecule has 5 rings (SSSR count). The van der Waals surface area contributed by atoms with E-state index in [1.807, 2.05) is 17.8 Å². The molecular formula is C23H21FN2O. The first kappa shape index (κ1) is 16.4. The molecule has 0 saturated heterocycles. The van der Waals surface area contributed by atoms with Gasteiger partial charge in [0.25, 0.3) is 0 Å². The predicted molar refractivity (Wildman–Crippen MR) is 103 cm³/mol. The standard InChI is InChI=1S/C23H21FN2O/c1-26-22(14-6-8-20(24)9-7-14)13-21(25-26)16-3-2-15-10-17-4-5-18(23(17)27)12-19(15)11-16/h2-3,6-9,11,13,17-18H,4-5,10,12H2,1H3/t17-,18+/m0/s1. The van der Waals surface area contributed by atoms with E-state index in [9.17, 15) is 9.18 Å². The largest absolute Gasteiger partial charge is 0.299 e. The third-order valence-corrected chi connectivity index (χ3v) is 6.12. The first-order valence-electron chi connectivity index (χ1n) is 9.54. The van der Waals surface area contributed by atoms with Crippen LogP contribution in [0, 0.1) is 17.7 Å². The fourth-order valence-corrected chi connectivity index (χ4v) is 4.63. The van der Waals surface area contributed by atoms with E-state index in [0.717, 1.165) is 48.2 Å². The Balaban J connectivity index is 1.51. The fraction of sp³-hybridized carbons (Fsp3) is 0.304. The molecule has 27 heavy (non-hydrogen) atoms. The van der Waals surface area contributed by atoms with Crippen LogP contribution in [0.15, 0.2) is 48.5 Å². The number of benzene rings is 2. The number of aromatic nitrogens is 2.